The fourth-order valence-electron chi connectivity index (χ4n) is 5.61. The van der Waals surface area contributed by atoms with E-state index in [1.807, 2.05) is 18.2 Å². The summed E-state index contributed by atoms with van der Waals surface area (Å²) in [5.74, 6) is 2.45. The summed E-state index contributed by atoms with van der Waals surface area (Å²) in [6.07, 6.45) is 14.1. The highest BCUT2D eigenvalue weighted by Crippen LogP contribution is 2.33. The lowest BCUT2D eigenvalue weighted by Crippen LogP contribution is -2.30. The molecular weight excluding hydrogens is 587 g/mol. The molecule has 1 saturated carbocycles. The maximum Gasteiger partial charge on any atom is 0.252 e. The number of pyridine rings is 1. The highest BCUT2D eigenvalue weighted by molar-refractivity contribution is 7.85. The van der Waals surface area contributed by atoms with E-state index in [1.54, 1.807) is 16.8 Å². The van der Waals surface area contributed by atoms with Crippen LogP contribution in [0.15, 0.2) is 46.5 Å². The van der Waals surface area contributed by atoms with E-state index in [9.17, 15) is 18.3 Å². The van der Waals surface area contributed by atoms with Gasteiger partial charge in [-0.3, -0.25) is 17.8 Å². The average molecular weight is 632 g/mol. The zero-order chi connectivity index (χ0) is 30.8. The van der Waals surface area contributed by atoms with E-state index in [-0.39, 0.29) is 28.1 Å². The van der Waals surface area contributed by atoms with E-state index in [4.69, 9.17) is 9.47 Å². The summed E-state index contributed by atoms with van der Waals surface area (Å²) in [6.45, 7) is 4.61. The van der Waals surface area contributed by atoms with Gasteiger partial charge < -0.3 is 14.6 Å². The number of hydrogen-bond donors (Lipinski definition) is 1. The molecule has 9 nitrogen and oxygen atoms in total. The quantitative estimate of drug-likeness (QED) is 0.207. The number of unbranched alkanes of at least 4 members (excludes halogenated alkanes) is 5. The summed E-state index contributed by atoms with van der Waals surface area (Å²) in [5.41, 5.74) is 1.53. The van der Waals surface area contributed by atoms with Crippen LogP contribution in [0.2, 0.25) is 0 Å². The standard InChI is InChI=1S/C18H28O3S.C14H17N3O3S/c1-3-4-5-6-7-8-11-22(19)15(2)12-16-9-10-17-18(13-16)21-14-20-17;1-21(20)14-15-8-9-5-6-12(19)17(13(9)16-14)10-3-2-4-11(18)7-10/h9-10,13,15H,3-8,11-12,14H2,1-2H3;5-6,8,10-11,18H,2-4,7H2,1H3/t;10-,11-,21?/m.1/s1. The number of rotatable bonds is 12. The van der Waals surface area contributed by atoms with Crippen LogP contribution in [0, 0.1) is 0 Å². The normalized spacial score (nSPS) is 19.8. The van der Waals surface area contributed by atoms with Gasteiger partial charge in [-0.2, -0.15) is 0 Å². The van der Waals surface area contributed by atoms with Crippen molar-refractivity contribution in [2.75, 3.05) is 18.8 Å². The van der Waals surface area contributed by atoms with Gasteiger partial charge >= 0.3 is 0 Å². The summed E-state index contributed by atoms with van der Waals surface area (Å²) in [6, 6.07) is 9.11. The maximum atomic E-state index is 12.3. The van der Waals surface area contributed by atoms with Crippen molar-refractivity contribution in [3.8, 4) is 11.5 Å². The van der Waals surface area contributed by atoms with Gasteiger partial charge in [-0.05, 0) is 62.3 Å². The summed E-state index contributed by atoms with van der Waals surface area (Å²) in [5, 5.41) is 11.0. The van der Waals surface area contributed by atoms with E-state index in [0.29, 0.717) is 18.9 Å². The zero-order valence-corrected chi connectivity index (χ0v) is 27.2. The molecule has 11 heteroatoms. The predicted octanol–water partition coefficient (Wildman–Crippen LogP) is 5.46. The van der Waals surface area contributed by atoms with E-state index in [2.05, 4.69) is 23.8 Å². The molecule has 43 heavy (non-hydrogen) atoms. The third kappa shape index (κ3) is 9.43. The van der Waals surface area contributed by atoms with Gasteiger partial charge in [-0.25, -0.2) is 9.97 Å². The molecular formula is C32H45N3O6S2. The molecule has 0 amide bonds. The molecule has 5 rings (SSSR count). The van der Waals surface area contributed by atoms with Crippen LogP contribution in [-0.4, -0.2) is 58.2 Å². The molecule has 3 aromatic rings. The molecule has 1 aliphatic heterocycles. The first-order valence-corrected chi connectivity index (χ1v) is 18.4. The molecule has 0 radical (unpaired) electrons. The van der Waals surface area contributed by atoms with Gasteiger partial charge in [0.2, 0.25) is 11.9 Å². The minimum absolute atomic E-state index is 0.0713. The second-order valence-corrected chi connectivity index (χ2v) is 14.7. The second-order valence-electron chi connectivity index (χ2n) is 11.5. The number of hydrogen-bond acceptors (Lipinski definition) is 8. The van der Waals surface area contributed by atoms with Gasteiger partial charge in [0, 0.05) is 51.7 Å². The summed E-state index contributed by atoms with van der Waals surface area (Å²) in [4.78, 5) is 20.6. The van der Waals surface area contributed by atoms with Crippen LogP contribution in [0.3, 0.4) is 0 Å². The Hall–Kier alpha value is -2.63. The lowest BCUT2D eigenvalue weighted by molar-refractivity contribution is 0.104. The van der Waals surface area contributed by atoms with Crippen LogP contribution in [0.4, 0.5) is 0 Å². The minimum Gasteiger partial charge on any atom is -0.454 e. The first-order chi connectivity index (χ1) is 20.8. The van der Waals surface area contributed by atoms with Crippen LogP contribution < -0.4 is 15.0 Å². The molecule has 1 fully saturated rings. The van der Waals surface area contributed by atoms with E-state index in [0.717, 1.165) is 54.7 Å². The van der Waals surface area contributed by atoms with Crippen LogP contribution in [0.25, 0.3) is 11.0 Å². The number of aliphatic hydroxyl groups is 1. The zero-order valence-electron chi connectivity index (χ0n) is 25.5. The van der Waals surface area contributed by atoms with Crippen molar-refractivity contribution >= 4 is 32.6 Å². The Labute approximate surface area is 259 Å². The lowest BCUT2D eigenvalue weighted by Gasteiger charge is -2.28. The summed E-state index contributed by atoms with van der Waals surface area (Å²) >= 11 is 0. The molecule has 0 spiro atoms. The van der Waals surface area contributed by atoms with Gasteiger partial charge in [-0.15, -0.1) is 0 Å². The Balaban J connectivity index is 0.000000197. The molecule has 2 aromatic heterocycles. The molecule has 1 aromatic carbocycles. The third-order valence-corrected chi connectivity index (χ3v) is 10.5. The van der Waals surface area contributed by atoms with Gasteiger partial charge in [0.05, 0.1) is 16.9 Å². The number of benzene rings is 1. The van der Waals surface area contributed by atoms with E-state index < -0.39 is 21.6 Å². The van der Waals surface area contributed by atoms with Crippen molar-refractivity contribution in [2.45, 2.75) is 107 Å². The first kappa shape index (κ1) is 33.3. The maximum absolute atomic E-state index is 12.3. The highest BCUT2D eigenvalue weighted by atomic mass is 32.2. The van der Waals surface area contributed by atoms with Gasteiger partial charge in [0.1, 0.15) is 5.65 Å². The summed E-state index contributed by atoms with van der Waals surface area (Å²) in [7, 11) is -2.04. The third-order valence-electron chi connectivity index (χ3n) is 7.99. The molecule has 1 aliphatic carbocycles. The highest BCUT2D eigenvalue weighted by Gasteiger charge is 2.24. The van der Waals surface area contributed by atoms with Gasteiger partial charge in [-0.1, -0.05) is 52.0 Å². The molecule has 3 unspecified atom stereocenters. The molecule has 1 N–H and O–H groups in total. The van der Waals surface area contributed by atoms with Crippen molar-refractivity contribution in [3.05, 3.63) is 52.4 Å². The molecule has 0 bridgehead atoms. The molecule has 2 aliphatic rings. The topological polar surface area (TPSA) is 121 Å². The lowest BCUT2D eigenvalue weighted by atomic mass is 9.92. The molecule has 236 valence electrons. The number of aliphatic hydroxyl groups excluding tert-OH is 1. The van der Waals surface area contributed by atoms with Crippen molar-refractivity contribution < 1.29 is 23.0 Å². The smallest absolute Gasteiger partial charge is 0.252 e. The predicted molar refractivity (Wildman–Crippen MR) is 172 cm³/mol. The van der Waals surface area contributed by atoms with Crippen LogP contribution in [0.1, 0.15) is 89.7 Å². The Kier molecular flexibility index (Phi) is 12.7. The minimum atomic E-state index is -1.30. The van der Waals surface area contributed by atoms with Crippen LogP contribution in [0.5, 0.6) is 11.5 Å². The van der Waals surface area contributed by atoms with Gasteiger partial charge in [0.15, 0.2) is 11.5 Å². The Morgan fingerprint density at radius 1 is 1.05 bits per heavy atom. The van der Waals surface area contributed by atoms with Crippen LogP contribution >= 0.6 is 0 Å². The van der Waals surface area contributed by atoms with Crippen molar-refractivity contribution in [1.29, 1.82) is 0 Å². The Morgan fingerprint density at radius 2 is 1.81 bits per heavy atom. The number of fused-ring (bicyclic) bond motifs is 2. The van der Waals surface area contributed by atoms with Crippen molar-refractivity contribution in [3.63, 3.8) is 0 Å². The molecule has 5 atom stereocenters. The average Bonchev–Trinajstić information content (AvgIpc) is 3.47. The summed E-state index contributed by atoms with van der Waals surface area (Å²) < 4.78 is 36.2. The van der Waals surface area contributed by atoms with Gasteiger partial charge in [0.25, 0.3) is 5.56 Å². The largest absolute Gasteiger partial charge is 0.454 e. The fourth-order valence-corrected chi connectivity index (χ4v) is 7.29. The van der Waals surface area contributed by atoms with Crippen molar-refractivity contribution in [2.24, 2.45) is 0 Å². The number of nitrogens with zero attached hydrogens (tertiary/aromatic N) is 3. The van der Waals surface area contributed by atoms with Crippen LogP contribution in [-0.2, 0) is 28.0 Å². The molecule has 0 saturated heterocycles. The Bertz CT molecular complexity index is 1460. The Morgan fingerprint density at radius 3 is 2.58 bits per heavy atom. The molecule has 3 heterocycles. The number of aromatic nitrogens is 3. The van der Waals surface area contributed by atoms with Crippen molar-refractivity contribution in [1.82, 2.24) is 14.5 Å². The monoisotopic (exact) mass is 631 g/mol. The fraction of sp³-hybridized carbons (Fsp3) is 0.594. The first-order valence-electron chi connectivity index (χ1n) is 15.4. The number of ether oxygens (including phenoxy) is 2. The van der Waals surface area contributed by atoms with E-state index in [1.165, 1.54) is 50.0 Å². The SMILES string of the molecule is CCCCCCCCS(=O)C(C)Cc1ccc2c(c1)OCO2.CS(=O)c1ncc2ccc(=O)n([C@@H]3CCC[C@@H](O)C3)c2n1. The van der Waals surface area contributed by atoms with E-state index >= 15 is 0 Å². The second kappa shape index (κ2) is 16.4.